The Balaban J connectivity index is 1.15. The standard InChI is InChI=1S/C48H32N2S/c49-45(35-20-18-33(19-21-35)32-10-2-1-3-11-32)30-46(36-22-24-37(25-23-36)48-29-39-14-6-9-17-47(39)51-48)50-31-44-41-16-8-5-13-38(41)28-43-40-15-7-4-12-34(40)26-27-42(43)44/h1-31,49H/b46-30-,49-45?,50-31?. The normalized spacial score (nSPS) is 12.0. The number of nitrogens with zero attached hydrogens (tertiary/aromatic N) is 1. The third-order valence-corrected chi connectivity index (χ3v) is 10.8. The van der Waals surface area contributed by atoms with E-state index in [0.29, 0.717) is 5.71 Å². The van der Waals surface area contributed by atoms with Gasteiger partial charge < -0.3 is 5.41 Å². The van der Waals surface area contributed by atoms with Gasteiger partial charge in [0.25, 0.3) is 0 Å². The van der Waals surface area contributed by atoms with Crippen LogP contribution in [0.15, 0.2) is 187 Å². The molecule has 0 amide bonds. The maximum atomic E-state index is 9.21. The first-order valence-corrected chi connectivity index (χ1v) is 17.9. The van der Waals surface area contributed by atoms with Crippen LogP contribution in [0.5, 0.6) is 0 Å². The number of thiophene rings is 1. The zero-order chi connectivity index (χ0) is 34.1. The van der Waals surface area contributed by atoms with Crippen LogP contribution in [0.3, 0.4) is 0 Å². The van der Waals surface area contributed by atoms with E-state index in [4.69, 9.17) is 4.99 Å². The van der Waals surface area contributed by atoms with E-state index in [1.807, 2.05) is 42.6 Å². The molecular weight excluding hydrogens is 637 g/mol. The minimum Gasteiger partial charge on any atom is -0.300 e. The molecule has 0 saturated carbocycles. The van der Waals surface area contributed by atoms with E-state index in [1.165, 1.54) is 42.1 Å². The molecule has 0 aliphatic heterocycles. The molecule has 240 valence electrons. The molecule has 3 heteroatoms. The second-order valence-corrected chi connectivity index (χ2v) is 13.8. The lowest BCUT2D eigenvalue weighted by Crippen LogP contribution is -1.97. The predicted molar refractivity (Wildman–Crippen MR) is 220 cm³/mol. The molecular formula is C48H32N2S. The molecule has 0 bridgehead atoms. The number of hydrogen-bond acceptors (Lipinski definition) is 3. The lowest BCUT2D eigenvalue weighted by atomic mass is 9.94. The van der Waals surface area contributed by atoms with Crippen molar-refractivity contribution in [3.05, 3.63) is 199 Å². The number of fused-ring (bicyclic) bond motifs is 5. The van der Waals surface area contributed by atoms with Crippen LogP contribution in [-0.2, 0) is 0 Å². The Bertz CT molecular complexity index is 2750. The highest BCUT2D eigenvalue weighted by Gasteiger charge is 2.12. The molecule has 0 spiro atoms. The van der Waals surface area contributed by atoms with Gasteiger partial charge >= 0.3 is 0 Å². The maximum Gasteiger partial charge on any atom is 0.0723 e. The molecule has 1 heterocycles. The fourth-order valence-electron chi connectivity index (χ4n) is 6.95. The highest BCUT2D eigenvalue weighted by molar-refractivity contribution is 7.22. The molecule has 0 unspecified atom stereocenters. The van der Waals surface area contributed by atoms with Crippen molar-refractivity contribution in [2.45, 2.75) is 0 Å². The van der Waals surface area contributed by atoms with Gasteiger partial charge in [-0.05, 0) is 84.2 Å². The van der Waals surface area contributed by atoms with E-state index in [2.05, 4.69) is 146 Å². The fourth-order valence-corrected chi connectivity index (χ4v) is 8.01. The molecule has 9 aromatic rings. The molecule has 0 fully saturated rings. The molecule has 0 atom stereocenters. The van der Waals surface area contributed by atoms with Gasteiger partial charge in [-0.1, -0.05) is 158 Å². The molecule has 0 saturated heterocycles. The van der Waals surface area contributed by atoms with E-state index in [-0.39, 0.29) is 0 Å². The van der Waals surface area contributed by atoms with Crippen LogP contribution in [0.4, 0.5) is 0 Å². The van der Waals surface area contributed by atoms with E-state index >= 15 is 0 Å². The number of aliphatic imine (C=N–C) groups is 1. The molecule has 0 radical (unpaired) electrons. The van der Waals surface area contributed by atoms with Crippen LogP contribution >= 0.6 is 11.3 Å². The molecule has 51 heavy (non-hydrogen) atoms. The van der Waals surface area contributed by atoms with Gasteiger partial charge in [-0.15, -0.1) is 11.3 Å². The third kappa shape index (κ3) is 5.94. The van der Waals surface area contributed by atoms with Gasteiger partial charge in [-0.25, -0.2) is 0 Å². The van der Waals surface area contributed by atoms with Gasteiger partial charge in [-0.3, -0.25) is 4.99 Å². The summed E-state index contributed by atoms with van der Waals surface area (Å²) in [4.78, 5) is 6.44. The van der Waals surface area contributed by atoms with Crippen LogP contribution in [0, 0.1) is 5.41 Å². The first kappa shape index (κ1) is 30.6. The summed E-state index contributed by atoms with van der Waals surface area (Å²) in [5.41, 5.74) is 7.46. The van der Waals surface area contributed by atoms with Crippen LogP contribution in [0.2, 0.25) is 0 Å². The Labute approximate surface area is 300 Å². The van der Waals surface area contributed by atoms with Gasteiger partial charge in [0.2, 0.25) is 0 Å². The lowest BCUT2D eigenvalue weighted by Gasteiger charge is -2.11. The van der Waals surface area contributed by atoms with Crippen LogP contribution in [0.1, 0.15) is 16.7 Å². The zero-order valence-electron chi connectivity index (χ0n) is 27.8. The molecule has 8 aromatic carbocycles. The molecule has 2 nitrogen and oxygen atoms in total. The summed E-state index contributed by atoms with van der Waals surface area (Å²) >= 11 is 1.80. The molecule has 1 aromatic heterocycles. The average molecular weight is 669 g/mol. The van der Waals surface area contributed by atoms with Crippen molar-refractivity contribution < 1.29 is 0 Å². The Morgan fingerprint density at radius 1 is 0.471 bits per heavy atom. The fraction of sp³-hybridized carbons (Fsp3) is 0. The van der Waals surface area contributed by atoms with E-state index < -0.39 is 0 Å². The summed E-state index contributed by atoms with van der Waals surface area (Å²) in [5, 5.41) is 17.6. The third-order valence-electron chi connectivity index (χ3n) is 9.62. The number of benzene rings is 8. The topological polar surface area (TPSA) is 36.2 Å². The molecule has 0 aliphatic carbocycles. The first-order valence-electron chi connectivity index (χ1n) is 17.1. The Morgan fingerprint density at radius 2 is 1.10 bits per heavy atom. The molecule has 9 rings (SSSR count). The highest BCUT2D eigenvalue weighted by atomic mass is 32.1. The van der Waals surface area contributed by atoms with Crippen molar-refractivity contribution >= 4 is 71.4 Å². The van der Waals surface area contributed by atoms with Crippen molar-refractivity contribution in [2.75, 3.05) is 0 Å². The summed E-state index contributed by atoms with van der Waals surface area (Å²) in [5.74, 6) is 0. The van der Waals surface area contributed by atoms with Crippen LogP contribution in [-0.4, -0.2) is 11.9 Å². The number of hydrogen-bond donors (Lipinski definition) is 1. The Hall–Kier alpha value is -6.42. The predicted octanol–water partition coefficient (Wildman–Crippen LogP) is 13.2. The summed E-state index contributed by atoms with van der Waals surface area (Å²) in [6.45, 7) is 0. The maximum absolute atomic E-state index is 9.21. The summed E-state index contributed by atoms with van der Waals surface area (Å²) in [6.07, 6.45) is 3.89. The van der Waals surface area contributed by atoms with Crippen molar-refractivity contribution in [1.29, 1.82) is 5.41 Å². The van der Waals surface area contributed by atoms with Gasteiger partial charge in [0.15, 0.2) is 0 Å². The quantitative estimate of drug-likeness (QED) is 0.0997. The van der Waals surface area contributed by atoms with E-state index in [0.717, 1.165) is 44.3 Å². The van der Waals surface area contributed by atoms with Gasteiger partial charge in [0.1, 0.15) is 0 Å². The summed E-state index contributed by atoms with van der Waals surface area (Å²) < 4.78 is 1.28. The lowest BCUT2D eigenvalue weighted by molar-refractivity contribution is 1.47. The van der Waals surface area contributed by atoms with E-state index in [1.54, 1.807) is 11.3 Å². The number of rotatable bonds is 7. The minimum atomic E-state index is 0.407. The van der Waals surface area contributed by atoms with Gasteiger partial charge in [-0.2, -0.15) is 0 Å². The first-order chi connectivity index (χ1) is 25.2. The molecule has 1 N–H and O–H groups in total. The minimum absolute atomic E-state index is 0.407. The second-order valence-electron chi connectivity index (χ2n) is 12.8. The van der Waals surface area contributed by atoms with Crippen molar-refractivity contribution in [2.24, 2.45) is 4.99 Å². The van der Waals surface area contributed by atoms with Gasteiger partial charge in [0.05, 0.1) is 11.4 Å². The molecule has 0 aliphatic rings. The smallest absolute Gasteiger partial charge is 0.0723 e. The highest BCUT2D eigenvalue weighted by Crippen LogP contribution is 2.35. The summed E-state index contributed by atoms with van der Waals surface area (Å²) in [6, 6.07) is 61.7. The Kier molecular flexibility index (Phi) is 7.88. The number of nitrogens with one attached hydrogen (secondary N) is 1. The van der Waals surface area contributed by atoms with Gasteiger partial charge in [0, 0.05) is 26.9 Å². The SMILES string of the molecule is N=C(/C=C(\N=Cc1c2ccccc2cc2c1ccc1ccccc12)c1ccc(-c2cc3ccccc3s2)cc1)c1ccc(-c2ccccc2)cc1. The monoisotopic (exact) mass is 668 g/mol. The van der Waals surface area contributed by atoms with Crippen molar-refractivity contribution in [3.8, 4) is 21.6 Å². The van der Waals surface area contributed by atoms with Crippen molar-refractivity contribution in [1.82, 2.24) is 0 Å². The Morgan fingerprint density at radius 3 is 1.88 bits per heavy atom. The van der Waals surface area contributed by atoms with Crippen molar-refractivity contribution in [3.63, 3.8) is 0 Å². The number of allylic oxidation sites excluding steroid dienone is 1. The second kappa shape index (κ2) is 13.1. The van der Waals surface area contributed by atoms with Crippen LogP contribution < -0.4 is 0 Å². The average Bonchev–Trinajstić information content (AvgIpc) is 3.64. The van der Waals surface area contributed by atoms with Crippen LogP contribution in [0.25, 0.3) is 69.7 Å². The van der Waals surface area contributed by atoms with E-state index in [9.17, 15) is 5.41 Å². The summed E-state index contributed by atoms with van der Waals surface area (Å²) in [7, 11) is 0. The largest absolute Gasteiger partial charge is 0.300 e. The zero-order valence-corrected chi connectivity index (χ0v) is 28.6.